The normalized spacial score (nSPS) is 17.2. The molecule has 1 atom stereocenters. The summed E-state index contributed by atoms with van der Waals surface area (Å²) >= 11 is 0. The summed E-state index contributed by atoms with van der Waals surface area (Å²) in [6, 6.07) is 7.28. The fourth-order valence-corrected chi connectivity index (χ4v) is 2.41. The number of benzene rings is 1. The molecular weight excluding hydrogens is 298 g/mol. The molecule has 1 saturated heterocycles. The summed E-state index contributed by atoms with van der Waals surface area (Å²) in [4.78, 5) is 11.9. The van der Waals surface area contributed by atoms with E-state index in [0.717, 1.165) is 30.8 Å². The van der Waals surface area contributed by atoms with Crippen LogP contribution in [0.3, 0.4) is 0 Å². The quantitative estimate of drug-likeness (QED) is 0.870. The first-order valence-corrected chi connectivity index (χ1v) is 7.59. The van der Waals surface area contributed by atoms with Gasteiger partial charge in [0.2, 0.25) is 17.7 Å². The molecule has 1 aromatic carbocycles. The van der Waals surface area contributed by atoms with Gasteiger partial charge in [0.25, 0.3) is 0 Å². The fraction of sp³-hybridized carbons (Fsp3) is 0.438. The van der Waals surface area contributed by atoms with Crippen LogP contribution < -0.4 is 10.1 Å². The number of nitrogens with zero attached hydrogens (tertiary/aromatic N) is 2. The zero-order chi connectivity index (χ0) is 16.1. The van der Waals surface area contributed by atoms with Crippen LogP contribution in [-0.4, -0.2) is 42.5 Å². The summed E-state index contributed by atoms with van der Waals surface area (Å²) in [7, 11) is 1.61. The van der Waals surface area contributed by atoms with Crippen molar-refractivity contribution < 1.29 is 18.7 Å². The molecule has 0 bridgehead atoms. The number of methoxy groups -OCH3 is 1. The SMILES string of the molecule is COc1ccc(-c2nnc(CC(=O)NC[C@H]3CCCO3)o2)cc1. The van der Waals surface area contributed by atoms with Crippen molar-refractivity contribution in [2.75, 3.05) is 20.3 Å². The third-order valence-electron chi connectivity index (χ3n) is 3.67. The third-order valence-corrected chi connectivity index (χ3v) is 3.67. The van der Waals surface area contributed by atoms with Crippen molar-refractivity contribution in [1.82, 2.24) is 15.5 Å². The fourth-order valence-electron chi connectivity index (χ4n) is 2.41. The molecule has 1 amide bonds. The van der Waals surface area contributed by atoms with E-state index in [9.17, 15) is 4.79 Å². The molecule has 7 heteroatoms. The van der Waals surface area contributed by atoms with Gasteiger partial charge >= 0.3 is 0 Å². The molecule has 1 aromatic heterocycles. The molecule has 122 valence electrons. The minimum Gasteiger partial charge on any atom is -0.497 e. The highest BCUT2D eigenvalue weighted by Crippen LogP contribution is 2.21. The Labute approximate surface area is 134 Å². The smallest absolute Gasteiger partial charge is 0.247 e. The summed E-state index contributed by atoms with van der Waals surface area (Å²) in [6.07, 6.45) is 2.23. The molecule has 0 unspecified atom stereocenters. The number of carbonyl (C=O) groups is 1. The molecule has 0 aliphatic carbocycles. The maximum absolute atomic E-state index is 11.9. The number of aromatic nitrogens is 2. The molecule has 23 heavy (non-hydrogen) atoms. The lowest BCUT2D eigenvalue weighted by Crippen LogP contribution is -2.32. The van der Waals surface area contributed by atoms with E-state index in [1.165, 1.54) is 0 Å². The van der Waals surface area contributed by atoms with E-state index >= 15 is 0 Å². The Kier molecular flexibility index (Phi) is 4.87. The first kappa shape index (κ1) is 15.5. The van der Waals surface area contributed by atoms with Crippen LogP contribution in [0.15, 0.2) is 28.7 Å². The van der Waals surface area contributed by atoms with Gasteiger partial charge in [0.1, 0.15) is 12.2 Å². The maximum Gasteiger partial charge on any atom is 0.247 e. The summed E-state index contributed by atoms with van der Waals surface area (Å²) in [5.74, 6) is 1.28. The van der Waals surface area contributed by atoms with Crippen LogP contribution in [0.5, 0.6) is 5.75 Å². The highest BCUT2D eigenvalue weighted by molar-refractivity contribution is 5.77. The Balaban J connectivity index is 1.54. The first-order chi connectivity index (χ1) is 11.2. The van der Waals surface area contributed by atoms with Gasteiger partial charge in [-0.3, -0.25) is 4.79 Å². The molecule has 1 N–H and O–H groups in total. The van der Waals surface area contributed by atoms with Crippen molar-refractivity contribution in [2.24, 2.45) is 0 Å². The Hall–Kier alpha value is -2.41. The minimum atomic E-state index is -0.148. The Morgan fingerprint density at radius 2 is 2.17 bits per heavy atom. The van der Waals surface area contributed by atoms with Gasteiger partial charge < -0.3 is 19.2 Å². The first-order valence-electron chi connectivity index (χ1n) is 7.59. The summed E-state index contributed by atoms with van der Waals surface area (Å²) < 4.78 is 16.1. The molecule has 0 radical (unpaired) electrons. The van der Waals surface area contributed by atoms with Crippen molar-refractivity contribution in [3.63, 3.8) is 0 Å². The Morgan fingerprint density at radius 3 is 2.87 bits per heavy atom. The molecule has 7 nitrogen and oxygen atoms in total. The molecule has 1 aliphatic heterocycles. The molecule has 2 aromatic rings. The van der Waals surface area contributed by atoms with E-state index < -0.39 is 0 Å². The van der Waals surface area contributed by atoms with Crippen molar-refractivity contribution in [2.45, 2.75) is 25.4 Å². The molecular formula is C16H19N3O4. The van der Waals surface area contributed by atoms with E-state index in [2.05, 4.69) is 15.5 Å². The zero-order valence-corrected chi connectivity index (χ0v) is 12.9. The minimum absolute atomic E-state index is 0.0654. The van der Waals surface area contributed by atoms with Crippen LogP contribution in [0, 0.1) is 0 Å². The average Bonchev–Trinajstić information content (AvgIpc) is 3.25. The predicted octanol–water partition coefficient (Wildman–Crippen LogP) is 1.58. The van der Waals surface area contributed by atoms with E-state index in [1.807, 2.05) is 24.3 Å². The Morgan fingerprint density at radius 1 is 1.35 bits per heavy atom. The topological polar surface area (TPSA) is 86.5 Å². The zero-order valence-electron chi connectivity index (χ0n) is 12.9. The summed E-state index contributed by atoms with van der Waals surface area (Å²) in [6.45, 7) is 1.30. The van der Waals surface area contributed by atoms with Gasteiger partial charge in [-0.1, -0.05) is 0 Å². The largest absolute Gasteiger partial charge is 0.497 e. The second-order valence-electron chi connectivity index (χ2n) is 5.35. The van der Waals surface area contributed by atoms with Gasteiger partial charge in [-0.2, -0.15) is 0 Å². The second kappa shape index (κ2) is 7.23. The van der Waals surface area contributed by atoms with E-state index in [1.54, 1.807) is 7.11 Å². The lowest BCUT2D eigenvalue weighted by molar-refractivity contribution is -0.121. The van der Waals surface area contributed by atoms with E-state index in [0.29, 0.717) is 18.3 Å². The number of hydrogen-bond donors (Lipinski definition) is 1. The summed E-state index contributed by atoms with van der Waals surface area (Å²) in [5, 5.41) is 10.7. The Bertz CT molecular complexity index is 648. The standard InChI is InChI=1S/C16H19N3O4/c1-21-12-6-4-11(5-7-12)16-19-18-15(23-16)9-14(20)17-10-13-3-2-8-22-13/h4-7,13H,2-3,8-10H2,1H3,(H,17,20)/t13-/m1/s1. The monoisotopic (exact) mass is 317 g/mol. The highest BCUT2D eigenvalue weighted by atomic mass is 16.5. The van der Waals surface area contributed by atoms with Crippen LogP contribution in [0.25, 0.3) is 11.5 Å². The van der Waals surface area contributed by atoms with Gasteiger partial charge in [-0.15, -0.1) is 10.2 Å². The van der Waals surface area contributed by atoms with Crippen LogP contribution >= 0.6 is 0 Å². The van der Waals surface area contributed by atoms with Gasteiger partial charge in [0, 0.05) is 18.7 Å². The van der Waals surface area contributed by atoms with Crippen LogP contribution in [-0.2, 0) is 16.0 Å². The van der Waals surface area contributed by atoms with Gasteiger partial charge in [-0.25, -0.2) is 0 Å². The van der Waals surface area contributed by atoms with Crippen molar-refractivity contribution >= 4 is 5.91 Å². The van der Waals surface area contributed by atoms with Gasteiger partial charge in [0.15, 0.2) is 0 Å². The van der Waals surface area contributed by atoms with Crippen LogP contribution in [0.4, 0.5) is 0 Å². The molecule has 0 saturated carbocycles. The van der Waals surface area contributed by atoms with Crippen molar-refractivity contribution in [3.05, 3.63) is 30.2 Å². The predicted molar refractivity (Wildman–Crippen MR) is 82.0 cm³/mol. The van der Waals surface area contributed by atoms with Crippen LogP contribution in [0.2, 0.25) is 0 Å². The molecule has 1 fully saturated rings. The molecule has 0 spiro atoms. The number of hydrogen-bond acceptors (Lipinski definition) is 6. The van der Waals surface area contributed by atoms with Crippen molar-refractivity contribution in [3.8, 4) is 17.2 Å². The lowest BCUT2D eigenvalue weighted by atomic mass is 10.2. The van der Waals surface area contributed by atoms with Crippen molar-refractivity contribution in [1.29, 1.82) is 0 Å². The molecule has 1 aliphatic rings. The molecule has 2 heterocycles. The maximum atomic E-state index is 11.9. The highest BCUT2D eigenvalue weighted by Gasteiger charge is 2.17. The number of amides is 1. The van der Waals surface area contributed by atoms with E-state index in [-0.39, 0.29) is 18.4 Å². The lowest BCUT2D eigenvalue weighted by Gasteiger charge is -2.09. The second-order valence-corrected chi connectivity index (χ2v) is 5.35. The van der Waals surface area contributed by atoms with Gasteiger partial charge in [-0.05, 0) is 37.1 Å². The third kappa shape index (κ3) is 4.07. The molecule has 3 rings (SSSR count). The number of rotatable bonds is 6. The van der Waals surface area contributed by atoms with Gasteiger partial charge in [0.05, 0.1) is 13.2 Å². The number of ether oxygens (including phenoxy) is 2. The summed E-state index contributed by atoms with van der Waals surface area (Å²) in [5.41, 5.74) is 0.782. The van der Waals surface area contributed by atoms with Crippen LogP contribution in [0.1, 0.15) is 18.7 Å². The average molecular weight is 317 g/mol. The van der Waals surface area contributed by atoms with E-state index in [4.69, 9.17) is 13.9 Å². The number of nitrogens with one attached hydrogen (secondary N) is 1. The number of carbonyl (C=O) groups excluding carboxylic acids is 1.